The second-order valence-electron chi connectivity index (χ2n) is 6.27. The van der Waals surface area contributed by atoms with Gasteiger partial charge in [0.25, 0.3) is 5.91 Å². The molecule has 0 spiro atoms. The van der Waals surface area contributed by atoms with Gasteiger partial charge in [0.1, 0.15) is 0 Å². The number of phenols is 1. The van der Waals surface area contributed by atoms with E-state index in [0.29, 0.717) is 40.5 Å². The molecular weight excluding hydrogens is 438 g/mol. The molecule has 0 atom stereocenters. The van der Waals surface area contributed by atoms with Gasteiger partial charge in [0.05, 0.1) is 18.6 Å². The van der Waals surface area contributed by atoms with E-state index < -0.39 is 0 Å². The van der Waals surface area contributed by atoms with Crippen LogP contribution in [0.1, 0.15) is 19.4 Å². The zero-order valence-electron chi connectivity index (χ0n) is 17.1. The molecular formula is C21H22ClN5O3S. The summed E-state index contributed by atoms with van der Waals surface area (Å²) >= 11 is 7.22. The summed E-state index contributed by atoms with van der Waals surface area (Å²) in [5.74, 6) is 0.859. The first-order valence-electron chi connectivity index (χ1n) is 9.62. The first kappa shape index (κ1) is 22.6. The first-order valence-corrected chi connectivity index (χ1v) is 11.0. The molecule has 1 aromatic heterocycles. The highest BCUT2D eigenvalue weighted by Crippen LogP contribution is 2.28. The Kier molecular flexibility index (Phi) is 7.91. The number of carbonyl (C=O) groups is 1. The van der Waals surface area contributed by atoms with Gasteiger partial charge < -0.3 is 14.4 Å². The molecule has 2 N–H and O–H groups in total. The van der Waals surface area contributed by atoms with E-state index in [2.05, 4.69) is 20.7 Å². The van der Waals surface area contributed by atoms with E-state index in [9.17, 15) is 9.90 Å². The predicted molar refractivity (Wildman–Crippen MR) is 122 cm³/mol. The summed E-state index contributed by atoms with van der Waals surface area (Å²) < 4.78 is 7.26. The third-order valence-electron chi connectivity index (χ3n) is 4.19. The molecule has 0 aliphatic carbocycles. The number of nitrogens with zero attached hydrogens (tertiary/aromatic N) is 4. The number of para-hydroxylation sites is 1. The maximum atomic E-state index is 12.2. The Morgan fingerprint density at radius 3 is 2.74 bits per heavy atom. The van der Waals surface area contributed by atoms with E-state index in [-0.39, 0.29) is 17.4 Å². The van der Waals surface area contributed by atoms with Gasteiger partial charge in [-0.2, -0.15) is 5.10 Å². The molecule has 0 saturated carbocycles. The number of amides is 1. The molecule has 3 aromatic rings. The molecule has 162 valence electrons. The van der Waals surface area contributed by atoms with Crippen LogP contribution in [-0.4, -0.2) is 44.4 Å². The van der Waals surface area contributed by atoms with Gasteiger partial charge in [-0.3, -0.25) is 4.79 Å². The van der Waals surface area contributed by atoms with Crippen molar-refractivity contribution in [1.82, 2.24) is 20.2 Å². The molecule has 1 amide bonds. The third-order valence-corrected chi connectivity index (χ3v) is 5.41. The van der Waals surface area contributed by atoms with Crippen molar-refractivity contribution in [3.8, 4) is 22.9 Å². The Morgan fingerprint density at radius 2 is 2.03 bits per heavy atom. The van der Waals surface area contributed by atoms with Gasteiger partial charge in [0.15, 0.2) is 22.5 Å². The highest BCUT2D eigenvalue weighted by atomic mass is 35.5. The lowest BCUT2D eigenvalue weighted by Crippen LogP contribution is -2.20. The largest absolute Gasteiger partial charge is 0.504 e. The summed E-state index contributed by atoms with van der Waals surface area (Å²) in [7, 11) is 0. The number of benzene rings is 2. The quantitative estimate of drug-likeness (QED) is 0.285. The lowest BCUT2D eigenvalue weighted by molar-refractivity contribution is -0.118. The number of phenolic OH excluding ortho intramolecular Hbond substituents is 1. The van der Waals surface area contributed by atoms with Gasteiger partial charge in [0.2, 0.25) is 0 Å². The van der Waals surface area contributed by atoms with Crippen LogP contribution in [-0.2, 0) is 11.3 Å². The Morgan fingerprint density at radius 1 is 1.26 bits per heavy atom. The highest BCUT2D eigenvalue weighted by Gasteiger charge is 2.14. The lowest BCUT2D eigenvalue weighted by Gasteiger charge is -2.07. The van der Waals surface area contributed by atoms with Crippen molar-refractivity contribution in [2.45, 2.75) is 25.5 Å². The van der Waals surface area contributed by atoms with Gasteiger partial charge in [-0.1, -0.05) is 29.4 Å². The standard InChI is InChI=1S/C21H22ClN5O3S/c1-3-27-20(14-8-10-16(22)11-9-14)25-26-21(27)31-13-18(28)24-23-12-15-6-5-7-17(19(15)29)30-4-2/h5-12,29H,3-4,13H2,1-2H3,(H,24,28)/b23-12-. The highest BCUT2D eigenvalue weighted by molar-refractivity contribution is 7.99. The Bertz CT molecular complexity index is 1070. The van der Waals surface area contributed by atoms with Crippen LogP contribution < -0.4 is 10.2 Å². The molecule has 0 bridgehead atoms. The number of nitrogens with one attached hydrogen (secondary N) is 1. The topological polar surface area (TPSA) is 102 Å². The summed E-state index contributed by atoms with van der Waals surface area (Å²) in [5, 5.41) is 23.8. The van der Waals surface area contributed by atoms with Crippen LogP contribution in [0.25, 0.3) is 11.4 Å². The summed E-state index contributed by atoms with van der Waals surface area (Å²) in [6.45, 7) is 4.91. The number of rotatable bonds is 9. The van der Waals surface area contributed by atoms with Gasteiger partial charge in [-0.05, 0) is 50.2 Å². The zero-order valence-corrected chi connectivity index (χ0v) is 18.7. The summed E-state index contributed by atoms with van der Waals surface area (Å²) in [4.78, 5) is 12.2. The summed E-state index contributed by atoms with van der Waals surface area (Å²) in [6.07, 6.45) is 1.37. The lowest BCUT2D eigenvalue weighted by atomic mass is 10.2. The fraction of sp³-hybridized carbons (Fsp3) is 0.238. The number of hydrazone groups is 1. The fourth-order valence-electron chi connectivity index (χ4n) is 2.74. The Hall–Kier alpha value is -3.04. The number of ether oxygens (including phenoxy) is 1. The minimum atomic E-state index is -0.305. The van der Waals surface area contributed by atoms with Crippen LogP contribution in [0.2, 0.25) is 5.02 Å². The van der Waals surface area contributed by atoms with Crippen LogP contribution >= 0.6 is 23.4 Å². The minimum Gasteiger partial charge on any atom is -0.504 e. The van der Waals surface area contributed by atoms with Gasteiger partial charge in [-0.25, -0.2) is 5.43 Å². The van der Waals surface area contributed by atoms with Crippen LogP contribution in [0.4, 0.5) is 0 Å². The Labute approximate surface area is 189 Å². The van der Waals surface area contributed by atoms with Gasteiger partial charge >= 0.3 is 0 Å². The average molecular weight is 460 g/mol. The van der Waals surface area contributed by atoms with E-state index in [1.165, 1.54) is 18.0 Å². The van der Waals surface area contributed by atoms with Gasteiger partial charge in [-0.15, -0.1) is 10.2 Å². The number of hydrogen-bond acceptors (Lipinski definition) is 7. The van der Waals surface area contributed by atoms with E-state index >= 15 is 0 Å². The zero-order chi connectivity index (χ0) is 22.2. The average Bonchev–Trinajstić information content (AvgIpc) is 3.18. The summed E-state index contributed by atoms with van der Waals surface area (Å²) in [6, 6.07) is 12.4. The molecule has 2 aromatic carbocycles. The number of thioether (sulfide) groups is 1. The number of aromatic hydroxyl groups is 1. The van der Waals surface area contributed by atoms with E-state index in [1.807, 2.05) is 30.5 Å². The Balaban J connectivity index is 1.60. The monoisotopic (exact) mass is 459 g/mol. The number of hydrogen-bond donors (Lipinski definition) is 2. The maximum absolute atomic E-state index is 12.2. The third kappa shape index (κ3) is 5.77. The first-order chi connectivity index (χ1) is 15.0. The molecule has 0 saturated heterocycles. The smallest absolute Gasteiger partial charge is 0.250 e. The van der Waals surface area contributed by atoms with Crippen molar-refractivity contribution in [2.75, 3.05) is 12.4 Å². The van der Waals surface area contributed by atoms with Crippen molar-refractivity contribution in [3.05, 3.63) is 53.1 Å². The van der Waals surface area contributed by atoms with Crippen molar-refractivity contribution >= 4 is 35.5 Å². The molecule has 1 heterocycles. The maximum Gasteiger partial charge on any atom is 0.250 e. The molecule has 0 aliphatic rings. The van der Waals surface area contributed by atoms with E-state index in [1.54, 1.807) is 30.3 Å². The number of aromatic nitrogens is 3. The van der Waals surface area contributed by atoms with Gasteiger partial charge in [0, 0.05) is 22.7 Å². The predicted octanol–water partition coefficient (Wildman–Crippen LogP) is 3.97. The molecule has 10 heteroatoms. The molecule has 0 radical (unpaired) electrons. The van der Waals surface area contributed by atoms with Crippen LogP contribution in [0, 0.1) is 0 Å². The van der Waals surface area contributed by atoms with E-state index in [0.717, 1.165) is 5.56 Å². The number of halogens is 1. The minimum absolute atomic E-state index is 0.0255. The second-order valence-corrected chi connectivity index (χ2v) is 7.65. The fourth-order valence-corrected chi connectivity index (χ4v) is 3.67. The van der Waals surface area contributed by atoms with Crippen molar-refractivity contribution < 1.29 is 14.6 Å². The van der Waals surface area contributed by atoms with Crippen molar-refractivity contribution in [3.63, 3.8) is 0 Å². The molecule has 0 unspecified atom stereocenters. The molecule has 0 aliphatic heterocycles. The molecule has 31 heavy (non-hydrogen) atoms. The van der Waals surface area contributed by atoms with Crippen molar-refractivity contribution in [2.24, 2.45) is 5.10 Å². The number of carbonyl (C=O) groups excluding carboxylic acids is 1. The van der Waals surface area contributed by atoms with Crippen molar-refractivity contribution in [1.29, 1.82) is 0 Å². The van der Waals surface area contributed by atoms with Crippen LogP contribution in [0.5, 0.6) is 11.5 Å². The normalized spacial score (nSPS) is 11.1. The molecule has 3 rings (SSSR count). The van der Waals surface area contributed by atoms with E-state index in [4.69, 9.17) is 16.3 Å². The molecule has 8 nitrogen and oxygen atoms in total. The second kappa shape index (κ2) is 10.8. The SMILES string of the molecule is CCOc1cccc(/C=N\NC(=O)CSc2nnc(-c3ccc(Cl)cc3)n2CC)c1O. The molecule has 0 fully saturated rings. The summed E-state index contributed by atoms with van der Waals surface area (Å²) in [5.41, 5.74) is 3.79. The van der Waals surface area contributed by atoms with Crippen LogP contribution in [0.15, 0.2) is 52.7 Å². The van der Waals surface area contributed by atoms with Crippen LogP contribution in [0.3, 0.4) is 0 Å².